The molecule has 2 aliphatic heterocycles. The summed E-state index contributed by atoms with van der Waals surface area (Å²) < 4.78 is 0. The van der Waals surface area contributed by atoms with E-state index in [-0.39, 0.29) is 11.9 Å². The maximum absolute atomic E-state index is 12.4. The van der Waals surface area contributed by atoms with Crippen LogP contribution < -0.4 is 5.32 Å². The van der Waals surface area contributed by atoms with Gasteiger partial charge in [-0.25, -0.2) is 4.98 Å². The zero-order valence-corrected chi connectivity index (χ0v) is 12.7. The highest BCUT2D eigenvalue weighted by molar-refractivity contribution is 7.99. The molecule has 0 saturated carbocycles. The molecule has 3 rings (SSSR count). The number of rotatable bonds is 2. The number of carbonyl (C=O) groups is 1. The fraction of sp³-hybridized carbons (Fsp3) is 0.692. The Labute approximate surface area is 122 Å². The standard InChI is InChI=1S/C13H19N3OS2/c1-9-6-19-12(15-9)10-3-2-4-16(5-10)13(17)11-7-18-8-14-11/h6,10-11,14H,2-5,7-8H2,1H3. The van der Waals surface area contributed by atoms with Crippen molar-refractivity contribution in [3.63, 3.8) is 0 Å². The van der Waals surface area contributed by atoms with Gasteiger partial charge in [0.1, 0.15) is 0 Å². The number of thioether (sulfide) groups is 1. The molecule has 0 aliphatic carbocycles. The normalized spacial score (nSPS) is 27.7. The molecule has 0 radical (unpaired) electrons. The Kier molecular flexibility index (Phi) is 4.10. The van der Waals surface area contributed by atoms with Crippen molar-refractivity contribution in [3.8, 4) is 0 Å². The summed E-state index contributed by atoms with van der Waals surface area (Å²) in [7, 11) is 0. The molecule has 1 amide bonds. The minimum atomic E-state index is 0.0294. The molecule has 2 aliphatic rings. The van der Waals surface area contributed by atoms with E-state index >= 15 is 0 Å². The van der Waals surface area contributed by atoms with Crippen LogP contribution in [0.25, 0.3) is 0 Å². The highest BCUT2D eigenvalue weighted by atomic mass is 32.2. The minimum Gasteiger partial charge on any atom is -0.341 e. The van der Waals surface area contributed by atoms with Gasteiger partial charge in [0.15, 0.2) is 0 Å². The predicted octanol–water partition coefficient (Wildman–Crippen LogP) is 1.82. The molecule has 1 N–H and O–H groups in total. The van der Waals surface area contributed by atoms with Crippen molar-refractivity contribution < 1.29 is 4.79 Å². The van der Waals surface area contributed by atoms with Gasteiger partial charge in [-0.3, -0.25) is 10.1 Å². The molecule has 0 bridgehead atoms. The van der Waals surface area contributed by atoms with Crippen LogP contribution in [0.15, 0.2) is 5.38 Å². The molecular weight excluding hydrogens is 278 g/mol. The van der Waals surface area contributed by atoms with Gasteiger partial charge in [-0.2, -0.15) is 0 Å². The summed E-state index contributed by atoms with van der Waals surface area (Å²) >= 11 is 3.54. The van der Waals surface area contributed by atoms with Gasteiger partial charge in [-0.1, -0.05) is 0 Å². The Morgan fingerprint density at radius 1 is 1.58 bits per heavy atom. The number of carbonyl (C=O) groups excluding carboxylic acids is 1. The number of amides is 1. The number of likely N-dealkylation sites (tertiary alicyclic amines) is 1. The zero-order valence-electron chi connectivity index (χ0n) is 11.1. The van der Waals surface area contributed by atoms with Crippen molar-refractivity contribution in [2.75, 3.05) is 24.7 Å². The molecule has 2 unspecified atom stereocenters. The number of aromatic nitrogens is 1. The lowest BCUT2D eigenvalue weighted by Gasteiger charge is -2.33. The van der Waals surface area contributed by atoms with Crippen LogP contribution in [-0.4, -0.2) is 46.6 Å². The van der Waals surface area contributed by atoms with Crippen LogP contribution in [0.1, 0.15) is 29.5 Å². The third-order valence-electron chi connectivity index (χ3n) is 3.73. The average molecular weight is 297 g/mol. The summed E-state index contributed by atoms with van der Waals surface area (Å²) in [5.74, 6) is 2.53. The third-order valence-corrected chi connectivity index (χ3v) is 5.80. The van der Waals surface area contributed by atoms with Crippen LogP contribution in [0.4, 0.5) is 0 Å². The number of thiazole rings is 1. The number of nitrogens with zero attached hydrogens (tertiary/aromatic N) is 2. The molecular formula is C13H19N3OS2. The zero-order chi connectivity index (χ0) is 13.2. The van der Waals surface area contributed by atoms with E-state index in [2.05, 4.69) is 15.7 Å². The number of nitrogens with one attached hydrogen (secondary N) is 1. The molecule has 2 saturated heterocycles. The second kappa shape index (κ2) is 5.81. The smallest absolute Gasteiger partial charge is 0.240 e. The van der Waals surface area contributed by atoms with Gasteiger partial charge in [0.25, 0.3) is 0 Å². The Hall–Kier alpha value is -0.590. The topological polar surface area (TPSA) is 45.2 Å². The molecule has 0 spiro atoms. The lowest BCUT2D eigenvalue weighted by atomic mass is 9.98. The monoisotopic (exact) mass is 297 g/mol. The molecule has 104 valence electrons. The second-order valence-corrected chi connectivity index (χ2v) is 7.14. The average Bonchev–Trinajstić information content (AvgIpc) is 3.09. The van der Waals surface area contributed by atoms with Crippen LogP contribution in [0.3, 0.4) is 0 Å². The maximum atomic E-state index is 12.4. The van der Waals surface area contributed by atoms with E-state index in [0.717, 1.165) is 43.3 Å². The van der Waals surface area contributed by atoms with Gasteiger partial charge in [-0.05, 0) is 19.8 Å². The summed E-state index contributed by atoms with van der Waals surface area (Å²) in [6.07, 6.45) is 2.25. The number of piperidine rings is 1. The molecule has 4 nitrogen and oxygen atoms in total. The van der Waals surface area contributed by atoms with E-state index in [1.54, 1.807) is 23.1 Å². The van der Waals surface area contributed by atoms with Crippen LogP contribution in [0.5, 0.6) is 0 Å². The highest BCUT2D eigenvalue weighted by Gasteiger charge is 2.31. The summed E-state index contributed by atoms with van der Waals surface area (Å²) in [6, 6.07) is 0.0294. The summed E-state index contributed by atoms with van der Waals surface area (Å²) in [5, 5.41) is 6.57. The van der Waals surface area contributed by atoms with Crippen LogP contribution >= 0.6 is 23.1 Å². The van der Waals surface area contributed by atoms with Gasteiger partial charge >= 0.3 is 0 Å². The summed E-state index contributed by atoms with van der Waals surface area (Å²) in [5.41, 5.74) is 1.09. The van der Waals surface area contributed by atoms with Crippen LogP contribution in [0.2, 0.25) is 0 Å². The third kappa shape index (κ3) is 2.95. The van der Waals surface area contributed by atoms with Crippen molar-refractivity contribution >= 4 is 29.0 Å². The SMILES string of the molecule is Cc1csc(C2CCCN(C(=O)C3CSCN3)C2)n1. The largest absolute Gasteiger partial charge is 0.341 e. The fourth-order valence-corrected chi connectivity index (χ4v) is 4.57. The van der Waals surface area contributed by atoms with Crippen molar-refractivity contribution in [1.82, 2.24) is 15.2 Å². The fourth-order valence-electron chi connectivity index (χ4n) is 2.71. The number of hydrogen-bond acceptors (Lipinski definition) is 5. The Morgan fingerprint density at radius 2 is 2.47 bits per heavy atom. The van der Waals surface area contributed by atoms with Gasteiger partial charge < -0.3 is 4.90 Å². The van der Waals surface area contributed by atoms with Crippen LogP contribution in [0, 0.1) is 6.92 Å². The first-order valence-electron chi connectivity index (χ1n) is 6.76. The first-order valence-corrected chi connectivity index (χ1v) is 8.79. The summed E-state index contributed by atoms with van der Waals surface area (Å²) in [4.78, 5) is 19.0. The van der Waals surface area contributed by atoms with Crippen molar-refractivity contribution in [2.24, 2.45) is 0 Å². The van der Waals surface area contributed by atoms with Gasteiger partial charge in [0.2, 0.25) is 5.91 Å². The maximum Gasteiger partial charge on any atom is 0.240 e. The van der Waals surface area contributed by atoms with E-state index in [4.69, 9.17) is 0 Å². The molecule has 2 fully saturated rings. The molecule has 2 atom stereocenters. The first-order chi connectivity index (χ1) is 9.24. The van der Waals surface area contributed by atoms with E-state index in [1.807, 2.05) is 11.8 Å². The molecule has 1 aromatic heterocycles. The molecule has 3 heterocycles. The Balaban J connectivity index is 1.65. The summed E-state index contributed by atoms with van der Waals surface area (Å²) in [6.45, 7) is 3.78. The van der Waals surface area contributed by atoms with Crippen molar-refractivity contribution in [1.29, 1.82) is 0 Å². The molecule has 19 heavy (non-hydrogen) atoms. The minimum absolute atomic E-state index is 0.0294. The molecule has 0 aromatic carbocycles. The number of hydrogen-bond donors (Lipinski definition) is 1. The lowest BCUT2D eigenvalue weighted by molar-refractivity contribution is -0.133. The predicted molar refractivity (Wildman–Crippen MR) is 79.7 cm³/mol. The van der Waals surface area contributed by atoms with Crippen molar-refractivity contribution in [3.05, 3.63) is 16.1 Å². The van der Waals surface area contributed by atoms with E-state index in [0.29, 0.717) is 5.92 Å². The van der Waals surface area contributed by atoms with Gasteiger partial charge in [0, 0.05) is 41.7 Å². The van der Waals surface area contributed by atoms with Gasteiger partial charge in [-0.15, -0.1) is 23.1 Å². The highest BCUT2D eigenvalue weighted by Crippen LogP contribution is 2.29. The Bertz CT molecular complexity index is 456. The quantitative estimate of drug-likeness (QED) is 0.904. The Morgan fingerprint density at radius 3 is 3.16 bits per heavy atom. The molecule has 6 heteroatoms. The van der Waals surface area contributed by atoms with Crippen LogP contribution in [-0.2, 0) is 4.79 Å². The van der Waals surface area contributed by atoms with E-state index < -0.39 is 0 Å². The number of aryl methyl sites for hydroxylation is 1. The first kappa shape index (κ1) is 13.4. The van der Waals surface area contributed by atoms with E-state index in [9.17, 15) is 4.79 Å². The van der Waals surface area contributed by atoms with Gasteiger partial charge in [0.05, 0.1) is 11.0 Å². The second-order valence-electron chi connectivity index (χ2n) is 5.22. The lowest BCUT2D eigenvalue weighted by Crippen LogP contribution is -2.48. The van der Waals surface area contributed by atoms with E-state index in [1.165, 1.54) is 5.01 Å². The van der Waals surface area contributed by atoms with Crippen molar-refractivity contribution in [2.45, 2.75) is 31.7 Å². The molecule has 1 aromatic rings.